The van der Waals surface area contributed by atoms with Crippen LogP contribution in [-0.2, 0) is 6.42 Å². The van der Waals surface area contributed by atoms with Gasteiger partial charge >= 0.3 is 0 Å². The normalized spacial score (nSPS) is 10.1. The van der Waals surface area contributed by atoms with Crippen molar-refractivity contribution in [2.45, 2.75) is 6.42 Å². The number of rotatable bonds is 5. The van der Waals surface area contributed by atoms with E-state index < -0.39 is 4.92 Å². The van der Waals surface area contributed by atoms with Crippen LogP contribution in [0.25, 0.3) is 0 Å². The summed E-state index contributed by atoms with van der Waals surface area (Å²) < 4.78 is 0. The van der Waals surface area contributed by atoms with Gasteiger partial charge in [0.2, 0.25) is 0 Å². The lowest BCUT2D eigenvalue weighted by molar-refractivity contribution is -0.384. The van der Waals surface area contributed by atoms with Crippen LogP contribution < -0.4 is 5.32 Å². The van der Waals surface area contributed by atoms with E-state index in [1.807, 2.05) is 5.38 Å². The number of hydrogen-bond acceptors (Lipinski definition) is 5. The largest absolute Gasteiger partial charge is 0.352 e. The third kappa shape index (κ3) is 3.59. The molecule has 0 radical (unpaired) electrons. The number of hydrogen-bond donors (Lipinski definition) is 1. The van der Waals surface area contributed by atoms with Crippen LogP contribution >= 0.6 is 11.3 Å². The number of nitro groups is 1. The maximum absolute atomic E-state index is 11.8. The Balaban J connectivity index is 1.87. The number of benzene rings is 1. The third-order valence-corrected chi connectivity index (χ3v) is 3.29. The van der Waals surface area contributed by atoms with Gasteiger partial charge < -0.3 is 5.32 Å². The predicted octanol–water partition coefficient (Wildman–Crippen LogP) is 2.02. The maximum atomic E-state index is 11.8. The van der Waals surface area contributed by atoms with E-state index in [0.29, 0.717) is 18.5 Å². The molecule has 0 bridgehead atoms. The van der Waals surface area contributed by atoms with Crippen molar-refractivity contribution in [1.29, 1.82) is 0 Å². The van der Waals surface area contributed by atoms with E-state index in [9.17, 15) is 14.9 Å². The number of carbonyl (C=O) groups is 1. The van der Waals surface area contributed by atoms with Gasteiger partial charge in [0.15, 0.2) is 0 Å². The van der Waals surface area contributed by atoms with Gasteiger partial charge in [0.25, 0.3) is 11.6 Å². The first-order valence-corrected chi connectivity index (χ1v) is 6.46. The van der Waals surface area contributed by atoms with Crippen molar-refractivity contribution < 1.29 is 9.72 Å². The van der Waals surface area contributed by atoms with Gasteiger partial charge in [-0.05, 0) is 12.1 Å². The summed E-state index contributed by atoms with van der Waals surface area (Å²) in [7, 11) is 0. The zero-order chi connectivity index (χ0) is 13.7. The molecule has 6 nitrogen and oxygen atoms in total. The Morgan fingerprint density at radius 2 is 2.11 bits per heavy atom. The SMILES string of the molecule is O=C(NCCc1nccs1)c1ccc([N+](=O)[O-])cc1. The number of nitrogens with one attached hydrogen (secondary N) is 1. The molecular weight excluding hydrogens is 266 g/mol. The van der Waals surface area contributed by atoms with Crippen LogP contribution in [0.3, 0.4) is 0 Å². The van der Waals surface area contributed by atoms with Crippen molar-refractivity contribution in [2.24, 2.45) is 0 Å². The van der Waals surface area contributed by atoms with E-state index in [1.165, 1.54) is 35.6 Å². The molecule has 0 aliphatic carbocycles. The Morgan fingerprint density at radius 3 is 2.68 bits per heavy atom. The summed E-state index contributed by atoms with van der Waals surface area (Å²) in [5.41, 5.74) is 0.379. The van der Waals surface area contributed by atoms with Crippen LogP contribution in [0.1, 0.15) is 15.4 Å². The van der Waals surface area contributed by atoms with Crippen LogP contribution in [0.5, 0.6) is 0 Å². The molecule has 1 N–H and O–H groups in total. The summed E-state index contributed by atoms with van der Waals surface area (Å²) in [6.07, 6.45) is 2.40. The fourth-order valence-electron chi connectivity index (χ4n) is 1.50. The van der Waals surface area contributed by atoms with Gasteiger partial charge in [-0.25, -0.2) is 4.98 Å². The Labute approximate surface area is 113 Å². The Kier molecular flexibility index (Phi) is 4.19. The lowest BCUT2D eigenvalue weighted by Gasteiger charge is -2.03. The third-order valence-electron chi connectivity index (χ3n) is 2.45. The van der Waals surface area contributed by atoms with Crippen molar-refractivity contribution in [3.05, 3.63) is 56.5 Å². The summed E-state index contributed by atoms with van der Waals surface area (Å²) in [5, 5.41) is 16.1. The molecule has 0 saturated heterocycles. The molecule has 0 atom stereocenters. The highest BCUT2D eigenvalue weighted by Gasteiger charge is 2.09. The molecule has 0 aliphatic heterocycles. The van der Waals surface area contributed by atoms with Gasteiger partial charge in [0.1, 0.15) is 0 Å². The zero-order valence-corrected chi connectivity index (χ0v) is 10.7. The van der Waals surface area contributed by atoms with Gasteiger partial charge in [0.05, 0.1) is 9.93 Å². The van der Waals surface area contributed by atoms with E-state index in [0.717, 1.165) is 5.01 Å². The van der Waals surface area contributed by atoms with Crippen LogP contribution in [0.4, 0.5) is 5.69 Å². The maximum Gasteiger partial charge on any atom is 0.269 e. The topological polar surface area (TPSA) is 85.1 Å². The smallest absolute Gasteiger partial charge is 0.269 e. The quantitative estimate of drug-likeness (QED) is 0.669. The highest BCUT2D eigenvalue weighted by molar-refractivity contribution is 7.09. The fraction of sp³-hybridized carbons (Fsp3) is 0.167. The van der Waals surface area contributed by atoms with E-state index in [4.69, 9.17) is 0 Å². The molecule has 0 unspecified atom stereocenters. The lowest BCUT2D eigenvalue weighted by Crippen LogP contribution is -2.25. The molecule has 1 aromatic heterocycles. The summed E-state index contributed by atoms with van der Waals surface area (Å²) >= 11 is 1.54. The Hall–Kier alpha value is -2.28. The zero-order valence-electron chi connectivity index (χ0n) is 9.91. The minimum absolute atomic E-state index is 0.0284. The molecule has 0 spiro atoms. The van der Waals surface area contributed by atoms with Crippen molar-refractivity contribution in [3.8, 4) is 0 Å². The number of amides is 1. The van der Waals surface area contributed by atoms with Crippen LogP contribution in [-0.4, -0.2) is 22.4 Å². The van der Waals surface area contributed by atoms with E-state index >= 15 is 0 Å². The van der Waals surface area contributed by atoms with Crippen LogP contribution in [0.15, 0.2) is 35.8 Å². The molecule has 1 aromatic carbocycles. The van der Waals surface area contributed by atoms with Crippen molar-refractivity contribution in [2.75, 3.05) is 6.54 Å². The summed E-state index contributed by atoms with van der Waals surface area (Å²) in [4.78, 5) is 25.9. The lowest BCUT2D eigenvalue weighted by atomic mass is 10.2. The molecule has 1 heterocycles. The number of non-ortho nitro benzene ring substituents is 1. The minimum atomic E-state index is -0.496. The van der Waals surface area contributed by atoms with Gasteiger partial charge in [-0.1, -0.05) is 0 Å². The van der Waals surface area contributed by atoms with Crippen LogP contribution in [0, 0.1) is 10.1 Å². The number of aromatic nitrogens is 1. The monoisotopic (exact) mass is 277 g/mol. The molecule has 7 heteroatoms. The second-order valence-electron chi connectivity index (χ2n) is 3.74. The van der Waals surface area contributed by atoms with Gasteiger partial charge in [-0.15, -0.1) is 11.3 Å². The fourth-order valence-corrected chi connectivity index (χ4v) is 2.12. The summed E-state index contributed by atoms with van der Waals surface area (Å²) in [6, 6.07) is 5.51. The predicted molar refractivity (Wildman–Crippen MR) is 71.2 cm³/mol. The van der Waals surface area contributed by atoms with E-state index in [1.54, 1.807) is 6.20 Å². The highest BCUT2D eigenvalue weighted by atomic mass is 32.1. The van der Waals surface area contributed by atoms with Gasteiger partial charge in [0, 0.05) is 42.2 Å². The average molecular weight is 277 g/mol. The summed E-state index contributed by atoms with van der Waals surface area (Å²) in [5.74, 6) is -0.244. The molecule has 0 aliphatic rings. The van der Waals surface area contributed by atoms with Gasteiger partial charge in [-0.2, -0.15) is 0 Å². The molecule has 19 heavy (non-hydrogen) atoms. The minimum Gasteiger partial charge on any atom is -0.352 e. The standard InChI is InChI=1S/C12H11N3O3S/c16-12(14-6-5-11-13-7-8-19-11)9-1-3-10(4-2-9)15(17)18/h1-4,7-8H,5-6H2,(H,14,16). The van der Waals surface area contributed by atoms with Crippen molar-refractivity contribution in [1.82, 2.24) is 10.3 Å². The van der Waals surface area contributed by atoms with Gasteiger partial charge in [-0.3, -0.25) is 14.9 Å². The molecule has 98 valence electrons. The molecule has 1 amide bonds. The first kappa shape index (κ1) is 13.2. The average Bonchev–Trinajstić information content (AvgIpc) is 2.92. The number of thiazole rings is 1. The number of nitro benzene ring substituents is 1. The second kappa shape index (κ2) is 6.05. The van der Waals surface area contributed by atoms with Crippen molar-refractivity contribution >= 4 is 22.9 Å². The van der Waals surface area contributed by atoms with E-state index in [2.05, 4.69) is 10.3 Å². The number of carbonyl (C=O) groups excluding carboxylic acids is 1. The van der Waals surface area contributed by atoms with Crippen molar-refractivity contribution in [3.63, 3.8) is 0 Å². The molecule has 2 rings (SSSR count). The molecule has 2 aromatic rings. The summed E-state index contributed by atoms with van der Waals surface area (Å²) in [6.45, 7) is 0.489. The second-order valence-corrected chi connectivity index (χ2v) is 4.71. The Bertz CT molecular complexity index is 566. The molecule has 0 fully saturated rings. The Morgan fingerprint density at radius 1 is 1.37 bits per heavy atom. The molecule has 0 saturated carbocycles. The molecular formula is C12H11N3O3S. The van der Waals surface area contributed by atoms with E-state index in [-0.39, 0.29) is 11.6 Å². The first-order valence-electron chi connectivity index (χ1n) is 5.58. The highest BCUT2D eigenvalue weighted by Crippen LogP contribution is 2.11. The number of nitrogens with zero attached hydrogens (tertiary/aromatic N) is 2. The first-order chi connectivity index (χ1) is 9.16. The van der Waals surface area contributed by atoms with Crippen LogP contribution in [0.2, 0.25) is 0 Å².